The zero-order chi connectivity index (χ0) is 21.3. The summed E-state index contributed by atoms with van der Waals surface area (Å²) in [6.45, 7) is 1.48. The van der Waals surface area contributed by atoms with E-state index in [0.717, 1.165) is 24.1 Å². The van der Waals surface area contributed by atoms with Crippen LogP contribution in [0.2, 0.25) is 0 Å². The van der Waals surface area contributed by atoms with Crippen molar-refractivity contribution in [2.24, 2.45) is 0 Å². The average Bonchev–Trinajstić information content (AvgIpc) is 2.67. The summed E-state index contributed by atoms with van der Waals surface area (Å²) in [5.41, 5.74) is 0.342. The molecule has 0 radical (unpaired) electrons. The van der Waals surface area contributed by atoms with Gasteiger partial charge in [-0.2, -0.15) is 0 Å². The summed E-state index contributed by atoms with van der Waals surface area (Å²) in [7, 11) is 1.14. The lowest BCUT2D eigenvalue weighted by Crippen LogP contribution is -2.48. The molecule has 2 amide bonds. The summed E-state index contributed by atoms with van der Waals surface area (Å²) >= 11 is 0. The van der Waals surface area contributed by atoms with Crippen LogP contribution in [0.5, 0.6) is 0 Å². The van der Waals surface area contributed by atoms with Crippen molar-refractivity contribution in [1.82, 2.24) is 5.32 Å². The first-order valence-corrected chi connectivity index (χ1v) is 8.42. The molecule has 0 aromatic heterocycles. The highest BCUT2D eigenvalue weighted by molar-refractivity contribution is 6.03. The van der Waals surface area contributed by atoms with E-state index in [1.54, 1.807) is 0 Å². The molecule has 1 aliphatic heterocycles. The number of hydrogen-bond acceptors (Lipinski definition) is 4. The van der Waals surface area contributed by atoms with E-state index in [-0.39, 0.29) is 22.4 Å². The molecule has 7 nitrogen and oxygen atoms in total. The number of halogens is 2. The van der Waals surface area contributed by atoms with E-state index < -0.39 is 35.6 Å². The number of allylic oxidation sites excluding steroid dienone is 1. The highest BCUT2D eigenvalue weighted by atomic mass is 19.1. The van der Waals surface area contributed by atoms with Crippen molar-refractivity contribution in [2.75, 3.05) is 12.0 Å². The van der Waals surface area contributed by atoms with E-state index in [1.165, 1.54) is 31.2 Å². The maximum absolute atomic E-state index is 14.3. The monoisotopic (exact) mass is 402 g/mol. The zero-order valence-corrected chi connectivity index (χ0v) is 15.4. The van der Waals surface area contributed by atoms with E-state index >= 15 is 0 Å². The molecular weight excluding hydrogens is 386 g/mol. The molecular formula is C20H16F2N2O5. The van der Waals surface area contributed by atoms with E-state index in [4.69, 9.17) is 9.84 Å². The number of ether oxygens (including phenoxy) is 1. The third-order valence-corrected chi connectivity index (χ3v) is 4.54. The number of esters is 1. The van der Waals surface area contributed by atoms with Crippen LogP contribution in [0.3, 0.4) is 0 Å². The van der Waals surface area contributed by atoms with Crippen LogP contribution in [0.1, 0.15) is 28.9 Å². The second-order valence-corrected chi connectivity index (χ2v) is 6.23. The van der Waals surface area contributed by atoms with Crippen LogP contribution in [-0.2, 0) is 9.53 Å². The molecule has 1 aliphatic rings. The Labute approximate surface area is 164 Å². The van der Waals surface area contributed by atoms with Crippen molar-refractivity contribution in [2.45, 2.75) is 13.0 Å². The zero-order valence-electron chi connectivity index (χ0n) is 15.4. The van der Waals surface area contributed by atoms with Crippen LogP contribution >= 0.6 is 0 Å². The van der Waals surface area contributed by atoms with E-state index in [1.807, 2.05) is 0 Å². The molecule has 3 rings (SSSR count). The maximum Gasteiger partial charge on any atom is 0.337 e. The van der Waals surface area contributed by atoms with E-state index in [0.29, 0.717) is 11.8 Å². The van der Waals surface area contributed by atoms with E-state index in [2.05, 4.69) is 5.32 Å². The van der Waals surface area contributed by atoms with Gasteiger partial charge in [0.05, 0.1) is 30.0 Å². The van der Waals surface area contributed by atoms with Gasteiger partial charge in [-0.1, -0.05) is 6.07 Å². The second kappa shape index (κ2) is 7.70. The average molecular weight is 402 g/mol. The Morgan fingerprint density at radius 3 is 2.34 bits per heavy atom. The van der Waals surface area contributed by atoms with Crippen molar-refractivity contribution >= 4 is 23.7 Å². The quantitative estimate of drug-likeness (QED) is 0.765. The first-order valence-electron chi connectivity index (χ1n) is 8.42. The summed E-state index contributed by atoms with van der Waals surface area (Å²) in [6, 6.07) is 6.37. The van der Waals surface area contributed by atoms with Crippen LogP contribution < -0.4 is 10.2 Å². The van der Waals surface area contributed by atoms with Gasteiger partial charge in [0, 0.05) is 17.3 Å². The fraction of sp³-hybridized carbons (Fsp3) is 0.150. The van der Waals surface area contributed by atoms with Gasteiger partial charge in [0.2, 0.25) is 0 Å². The third kappa shape index (κ3) is 3.66. The number of anilines is 1. The van der Waals surface area contributed by atoms with Crippen molar-refractivity contribution in [3.05, 3.63) is 76.5 Å². The van der Waals surface area contributed by atoms with Crippen LogP contribution in [0, 0.1) is 11.6 Å². The van der Waals surface area contributed by atoms with Crippen molar-refractivity contribution in [1.29, 1.82) is 0 Å². The fourth-order valence-corrected chi connectivity index (χ4v) is 3.15. The van der Waals surface area contributed by atoms with Crippen LogP contribution in [0.4, 0.5) is 19.3 Å². The van der Waals surface area contributed by atoms with Crippen molar-refractivity contribution in [3.63, 3.8) is 0 Å². The molecule has 0 aliphatic carbocycles. The minimum atomic E-state index is -1.19. The number of rotatable bonds is 4. The van der Waals surface area contributed by atoms with Crippen LogP contribution in [0.25, 0.3) is 0 Å². The molecule has 0 bridgehead atoms. The predicted octanol–water partition coefficient (Wildman–Crippen LogP) is 3.38. The van der Waals surface area contributed by atoms with Gasteiger partial charge >= 0.3 is 18.0 Å². The lowest BCUT2D eigenvalue weighted by atomic mass is 9.94. The lowest BCUT2D eigenvalue weighted by Gasteiger charge is -2.35. The molecule has 2 N–H and O–H groups in total. The Hall–Kier alpha value is -3.75. The molecule has 1 atom stereocenters. The molecule has 2 aromatic carbocycles. The van der Waals surface area contributed by atoms with Gasteiger partial charge in [-0.3, -0.25) is 4.90 Å². The number of carbonyl (C=O) groups excluding carboxylic acids is 2. The number of carboxylic acid groups (broad SMARTS) is 1. The molecule has 150 valence electrons. The number of nitrogens with zero attached hydrogens (tertiary/aromatic N) is 1. The number of benzene rings is 2. The number of nitrogens with one attached hydrogen (secondary N) is 1. The summed E-state index contributed by atoms with van der Waals surface area (Å²) < 4.78 is 32.4. The topological polar surface area (TPSA) is 95.9 Å². The van der Waals surface area contributed by atoms with Crippen LogP contribution in [0.15, 0.2) is 53.7 Å². The lowest BCUT2D eigenvalue weighted by molar-refractivity contribution is -0.136. The standard InChI is InChI=1S/C20H16F2N2O5/c1-10-16(19(27)29-2)17(14-8-5-12(21)9-15(14)22)23-20(28)24(10)13-6-3-11(4-7-13)18(25)26/h3-9,17H,1-2H3,(H,23,28)(H,25,26). The number of amides is 2. The normalized spacial score (nSPS) is 16.5. The van der Waals surface area contributed by atoms with E-state index in [9.17, 15) is 23.2 Å². The first-order chi connectivity index (χ1) is 13.7. The molecule has 0 saturated heterocycles. The van der Waals surface area contributed by atoms with Gasteiger partial charge in [-0.05, 0) is 37.3 Å². The largest absolute Gasteiger partial charge is 0.478 e. The molecule has 29 heavy (non-hydrogen) atoms. The number of carboxylic acids is 1. The van der Waals surface area contributed by atoms with Gasteiger partial charge in [0.25, 0.3) is 0 Å². The van der Waals surface area contributed by atoms with Gasteiger partial charge < -0.3 is 15.2 Å². The minimum absolute atomic E-state index is 0.0206. The number of aromatic carboxylic acids is 1. The number of carbonyl (C=O) groups is 3. The molecule has 9 heteroatoms. The van der Waals surface area contributed by atoms with Gasteiger partial charge in [-0.25, -0.2) is 23.2 Å². The number of methoxy groups -OCH3 is 1. The first kappa shape index (κ1) is 20.0. The highest BCUT2D eigenvalue weighted by Gasteiger charge is 2.38. The van der Waals surface area contributed by atoms with Crippen LogP contribution in [-0.4, -0.2) is 30.2 Å². The summed E-state index contributed by atoms with van der Waals surface area (Å²) in [6.07, 6.45) is 0. The Balaban J connectivity index is 2.13. The fourth-order valence-electron chi connectivity index (χ4n) is 3.15. The molecule has 2 aromatic rings. The number of hydrogen-bond donors (Lipinski definition) is 2. The molecule has 0 fully saturated rings. The molecule has 0 saturated carbocycles. The Kier molecular flexibility index (Phi) is 5.31. The van der Waals surface area contributed by atoms with Gasteiger partial charge in [0.15, 0.2) is 0 Å². The number of urea groups is 1. The highest BCUT2D eigenvalue weighted by Crippen LogP contribution is 2.35. The summed E-state index contributed by atoms with van der Waals surface area (Å²) in [4.78, 5) is 37.4. The third-order valence-electron chi connectivity index (χ3n) is 4.54. The SMILES string of the molecule is COC(=O)C1=C(C)N(c2ccc(C(=O)O)cc2)C(=O)NC1c1ccc(F)cc1F. The van der Waals surface area contributed by atoms with Gasteiger partial charge in [-0.15, -0.1) is 0 Å². The summed E-state index contributed by atoms with van der Waals surface area (Å²) in [5, 5.41) is 11.5. The predicted molar refractivity (Wildman–Crippen MR) is 98.2 cm³/mol. The Morgan fingerprint density at radius 2 is 1.79 bits per heavy atom. The Morgan fingerprint density at radius 1 is 1.14 bits per heavy atom. The smallest absolute Gasteiger partial charge is 0.337 e. The minimum Gasteiger partial charge on any atom is -0.478 e. The molecule has 1 unspecified atom stereocenters. The van der Waals surface area contributed by atoms with Gasteiger partial charge in [0.1, 0.15) is 11.6 Å². The van der Waals surface area contributed by atoms with Crippen molar-refractivity contribution in [3.8, 4) is 0 Å². The summed E-state index contributed by atoms with van der Waals surface area (Å²) in [5.74, 6) is -3.66. The maximum atomic E-state index is 14.3. The molecule has 0 spiro atoms. The van der Waals surface area contributed by atoms with Crippen molar-refractivity contribution < 1.29 is 33.0 Å². The second-order valence-electron chi connectivity index (χ2n) is 6.23. The Bertz CT molecular complexity index is 1030. The molecule has 1 heterocycles.